The summed E-state index contributed by atoms with van der Waals surface area (Å²) in [7, 11) is 0. The van der Waals surface area contributed by atoms with Gasteiger partial charge >= 0.3 is 12.1 Å². The van der Waals surface area contributed by atoms with Crippen LogP contribution >= 0.6 is 11.6 Å². The summed E-state index contributed by atoms with van der Waals surface area (Å²) in [5, 5.41) is 10.1. The van der Waals surface area contributed by atoms with Gasteiger partial charge in [0.2, 0.25) is 17.7 Å². The maximum Gasteiger partial charge on any atom is 0.408 e. The number of hydrogen-bond acceptors (Lipinski definition) is 12. The van der Waals surface area contributed by atoms with Crippen LogP contribution in [0, 0.1) is 23.2 Å². The van der Waals surface area contributed by atoms with Gasteiger partial charge in [-0.15, -0.1) is 0 Å². The molecule has 2 aliphatic carbocycles. The minimum atomic E-state index is -0.991. The van der Waals surface area contributed by atoms with Gasteiger partial charge in [0.05, 0.1) is 19.8 Å². The summed E-state index contributed by atoms with van der Waals surface area (Å²) in [5.74, 6) is 1.63. The number of hydrogen-bond donors (Lipinski definition) is 3. The quantitative estimate of drug-likeness (QED) is 0.244. The summed E-state index contributed by atoms with van der Waals surface area (Å²) in [6.45, 7) is 11.9. The molecule has 0 bridgehead atoms. The van der Waals surface area contributed by atoms with Gasteiger partial charge in [-0.25, -0.2) is 14.9 Å². The fourth-order valence-corrected chi connectivity index (χ4v) is 8.07. The maximum atomic E-state index is 14.2. The average Bonchev–Trinajstić information content (AvgIpc) is 3.64. The standard InChI is InChI=1S/C36H47ClN8O8/c1-19-23-13-20(14-24(19)23)52-35(48)42-31(36(2,3)4)33(47)45-17-21(15-25(45)32(38)46)51-27-16-28(53-34-39-18-40-43-34)41-30-22(27)5-6-26(29(30)37)50-12-9-44-7-10-49-11-8-44/h5-6,16,18-21,23-25,31H,7-15,17H2,1-4H3,(H2,38,46)(H,42,48)(H,39,40,43)/t19?,20?,21?,23-,24+,25-,31+/m0/s1. The van der Waals surface area contributed by atoms with Crippen molar-refractivity contribution in [1.29, 1.82) is 0 Å². The topological polar surface area (TPSA) is 196 Å². The number of nitrogens with zero attached hydrogens (tertiary/aromatic N) is 5. The largest absolute Gasteiger partial charge is 0.491 e. The van der Waals surface area contributed by atoms with E-state index >= 15 is 0 Å². The Morgan fingerprint density at radius 2 is 1.87 bits per heavy atom. The van der Waals surface area contributed by atoms with Crippen LogP contribution in [0.1, 0.15) is 47.0 Å². The number of pyridine rings is 1. The van der Waals surface area contributed by atoms with Crippen molar-refractivity contribution in [1.82, 2.24) is 35.3 Å². The summed E-state index contributed by atoms with van der Waals surface area (Å²) >= 11 is 6.90. The Kier molecular flexibility index (Phi) is 10.6. The lowest BCUT2D eigenvalue weighted by Gasteiger charge is -2.35. The van der Waals surface area contributed by atoms with Crippen molar-refractivity contribution in [3.05, 3.63) is 29.5 Å². The maximum absolute atomic E-state index is 14.2. The SMILES string of the molecule is CC1[C@H]2CC(OC(=O)N[C@H](C(=O)N3CC(Oc4cc(Oc5ncn[nH]5)nc5c(Cl)c(OCCN6CCOCC6)ccc45)C[C@H]3C(N)=O)C(C)(C)C)C[C@@H]12. The lowest BCUT2D eigenvalue weighted by Crippen LogP contribution is -2.57. The van der Waals surface area contributed by atoms with Crippen LogP contribution in [-0.2, 0) is 19.1 Å². The molecule has 16 nitrogen and oxygen atoms in total. The van der Waals surface area contributed by atoms with Gasteiger partial charge in [0.25, 0.3) is 0 Å². The highest BCUT2D eigenvalue weighted by atomic mass is 35.5. The number of primary amides is 1. The number of fused-ring (bicyclic) bond motifs is 2. The molecule has 4 fully saturated rings. The van der Waals surface area contributed by atoms with Gasteiger partial charge in [-0.2, -0.15) is 10.1 Å². The van der Waals surface area contributed by atoms with Crippen molar-refractivity contribution >= 4 is 40.4 Å². The molecule has 4 aliphatic rings. The average molecular weight is 755 g/mol. The number of halogens is 1. The number of benzene rings is 1. The smallest absolute Gasteiger partial charge is 0.408 e. The molecule has 3 aromatic rings. The van der Waals surface area contributed by atoms with Crippen LogP contribution in [-0.4, -0.2) is 118 Å². The second-order valence-corrected chi connectivity index (χ2v) is 15.8. The fraction of sp³-hybridized carbons (Fsp3) is 0.611. The Morgan fingerprint density at radius 1 is 1.11 bits per heavy atom. The van der Waals surface area contributed by atoms with Crippen molar-refractivity contribution in [2.45, 2.75) is 71.2 Å². The number of amides is 3. The Labute approximate surface area is 312 Å². The summed E-state index contributed by atoms with van der Waals surface area (Å²) < 4.78 is 29.6. The van der Waals surface area contributed by atoms with Gasteiger partial charge in [0.15, 0.2) is 0 Å². The van der Waals surface area contributed by atoms with E-state index in [0.29, 0.717) is 66.5 Å². The van der Waals surface area contributed by atoms with E-state index in [1.807, 2.05) is 20.8 Å². The van der Waals surface area contributed by atoms with E-state index in [2.05, 4.69) is 37.3 Å². The molecule has 3 unspecified atom stereocenters. The molecule has 3 amide bonds. The zero-order valence-corrected chi connectivity index (χ0v) is 31.1. The normalized spacial score (nSPS) is 26.2. The van der Waals surface area contributed by atoms with Crippen LogP contribution < -0.4 is 25.3 Å². The molecule has 4 heterocycles. The highest BCUT2D eigenvalue weighted by Crippen LogP contribution is 2.57. The molecule has 53 heavy (non-hydrogen) atoms. The van der Waals surface area contributed by atoms with E-state index in [1.54, 1.807) is 18.2 Å². The van der Waals surface area contributed by atoms with E-state index in [1.165, 1.54) is 11.2 Å². The molecule has 7 rings (SSSR count). The van der Waals surface area contributed by atoms with Crippen LogP contribution in [0.4, 0.5) is 4.79 Å². The number of aromatic amines is 1. The summed E-state index contributed by atoms with van der Waals surface area (Å²) in [4.78, 5) is 52.4. The lowest BCUT2D eigenvalue weighted by molar-refractivity contribution is -0.141. The molecule has 1 aromatic carbocycles. The molecule has 2 saturated heterocycles. The predicted molar refractivity (Wildman–Crippen MR) is 192 cm³/mol. The van der Waals surface area contributed by atoms with E-state index in [9.17, 15) is 14.4 Å². The Balaban J connectivity index is 1.09. The number of aromatic nitrogens is 4. The molecule has 7 atom stereocenters. The van der Waals surface area contributed by atoms with E-state index in [0.717, 1.165) is 25.9 Å². The molecule has 0 radical (unpaired) electrons. The number of carbonyl (C=O) groups excluding carboxylic acids is 3. The first-order valence-corrected chi connectivity index (χ1v) is 18.6. The van der Waals surface area contributed by atoms with Crippen molar-refractivity contribution in [2.24, 2.45) is 28.9 Å². The Morgan fingerprint density at radius 3 is 2.55 bits per heavy atom. The van der Waals surface area contributed by atoms with Gasteiger partial charge in [0, 0.05) is 37.5 Å². The number of morpholine rings is 1. The van der Waals surface area contributed by atoms with Crippen LogP contribution in [0.2, 0.25) is 5.02 Å². The first kappa shape index (κ1) is 36.9. The molecule has 4 N–H and O–H groups in total. The van der Waals surface area contributed by atoms with Crippen molar-refractivity contribution < 1.29 is 38.1 Å². The van der Waals surface area contributed by atoms with Crippen LogP contribution in [0.25, 0.3) is 10.9 Å². The van der Waals surface area contributed by atoms with Crippen LogP contribution in [0.5, 0.6) is 23.4 Å². The number of rotatable bonds is 12. The number of alkyl carbamates (subject to hydrolysis) is 1. The van der Waals surface area contributed by atoms with E-state index < -0.39 is 41.5 Å². The molecular formula is C36H47ClN8O8. The van der Waals surface area contributed by atoms with E-state index in [4.69, 9.17) is 41.0 Å². The Bertz CT molecular complexity index is 1800. The third kappa shape index (κ3) is 8.24. The molecule has 286 valence electrons. The molecule has 2 aliphatic heterocycles. The van der Waals surface area contributed by atoms with Crippen molar-refractivity contribution in [3.63, 3.8) is 0 Å². The van der Waals surface area contributed by atoms with Gasteiger partial charge in [-0.05, 0) is 48.1 Å². The number of ether oxygens (including phenoxy) is 5. The van der Waals surface area contributed by atoms with Gasteiger partial charge in [-0.3, -0.25) is 14.5 Å². The number of likely N-dealkylation sites (tertiary alicyclic amines) is 1. The second-order valence-electron chi connectivity index (χ2n) is 15.4. The highest BCUT2D eigenvalue weighted by molar-refractivity contribution is 6.36. The molecule has 2 aromatic heterocycles. The summed E-state index contributed by atoms with van der Waals surface area (Å²) in [6.07, 6.45) is 1.61. The van der Waals surface area contributed by atoms with Gasteiger partial charge in [0.1, 0.15) is 59.3 Å². The number of nitrogens with one attached hydrogen (secondary N) is 2. The zero-order chi connectivity index (χ0) is 37.4. The van der Waals surface area contributed by atoms with Gasteiger partial charge < -0.3 is 39.6 Å². The lowest BCUT2D eigenvalue weighted by atomic mass is 9.85. The van der Waals surface area contributed by atoms with Gasteiger partial charge in [-0.1, -0.05) is 39.3 Å². The number of nitrogens with two attached hydrogens (primary N) is 1. The first-order chi connectivity index (χ1) is 25.4. The number of carbonyl (C=O) groups is 3. The van der Waals surface area contributed by atoms with Crippen molar-refractivity contribution in [3.8, 4) is 23.4 Å². The first-order valence-electron chi connectivity index (χ1n) is 18.2. The third-order valence-corrected chi connectivity index (χ3v) is 11.2. The third-order valence-electron chi connectivity index (χ3n) is 10.8. The van der Waals surface area contributed by atoms with Crippen LogP contribution in [0.15, 0.2) is 24.5 Å². The van der Waals surface area contributed by atoms with Crippen LogP contribution in [0.3, 0.4) is 0 Å². The zero-order valence-electron chi connectivity index (χ0n) is 30.4. The molecular weight excluding hydrogens is 708 g/mol. The summed E-state index contributed by atoms with van der Waals surface area (Å²) in [5.41, 5.74) is 5.50. The predicted octanol–water partition coefficient (Wildman–Crippen LogP) is 3.53. The minimum Gasteiger partial charge on any atom is -0.491 e. The fourth-order valence-electron chi connectivity index (χ4n) is 7.81. The van der Waals surface area contributed by atoms with Crippen molar-refractivity contribution in [2.75, 3.05) is 46.0 Å². The minimum absolute atomic E-state index is 0.0260. The molecule has 2 saturated carbocycles. The van der Waals surface area contributed by atoms with E-state index in [-0.39, 0.29) is 36.0 Å². The monoisotopic (exact) mass is 754 g/mol. The second kappa shape index (κ2) is 15.1. The summed E-state index contributed by atoms with van der Waals surface area (Å²) in [6, 6.07) is 3.24. The highest BCUT2D eigenvalue weighted by Gasteiger charge is 2.54. The molecule has 17 heteroatoms. The number of H-pyrrole nitrogens is 1. The Hall–Kier alpha value is -4.41. The molecule has 0 spiro atoms.